The van der Waals surface area contributed by atoms with Gasteiger partial charge in [0.15, 0.2) is 0 Å². The van der Waals surface area contributed by atoms with Crippen LogP contribution in [0, 0.1) is 12.8 Å². The average molecular weight is 310 g/mol. The van der Waals surface area contributed by atoms with Gasteiger partial charge >= 0.3 is 0 Å². The second-order valence-electron chi connectivity index (χ2n) is 5.62. The number of benzene rings is 1. The first-order valence-corrected chi connectivity index (χ1v) is 7.56. The van der Waals surface area contributed by atoms with Crippen molar-refractivity contribution in [3.8, 4) is 0 Å². The Morgan fingerprint density at radius 2 is 1.87 bits per heavy atom. The lowest BCUT2D eigenvalue weighted by Gasteiger charge is -2.07. The molecule has 0 unspecified atom stereocenters. The largest absolute Gasteiger partial charge is 0.462 e. The van der Waals surface area contributed by atoms with Crippen LogP contribution in [0.5, 0.6) is 0 Å². The Bertz CT molecular complexity index is 757. The minimum Gasteiger partial charge on any atom is -0.462 e. The van der Waals surface area contributed by atoms with E-state index in [-0.39, 0.29) is 17.7 Å². The molecule has 23 heavy (non-hydrogen) atoms. The van der Waals surface area contributed by atoms with Gasteiger partial charge in [-0.25, -0.2) is 0 Å². The normalized spacial score (nSPS) is 14.0. The molecule has 0 saturated heterocycles. The van der Waals surface area contributed by atoms with Gasteiger partial charge in [-0.3, -0.25) is 9.59 Å². The van der Waals surface area contributed by atoms with Gasteiger partial charge in [-0.05, 0) is 56.2 Å². The quantitative estimate of drug-likeness (QED) is 0.829. The fourth-order valence-electron chi connectivity index (χ4n) is 2.15. The standard InChI is InChI=1S/C18H18N2O3/c1-12-5-8-16(23-12)9-10-17(21)19-14-3-2-4-15(11-14)20-18(22)13-6-7-13/h2-5,8-11,13H,6-7H2,1H3,(H,19,21)(H,20,22)/b10-9+. The summed E-state index contributed by atoms with van der Waals surface area (Å²) in [4.78, 5) is 23.7. The van der Waals surface area contributed by atoms with Gasteiger partial charge in [0.25, 0.3) is 0 Å². The number of furan rings is 1. The van der Waals surface area contributed by atoms with Crippen LogP contribution in [0.4, 0.5) is 11.4 Å². The van der Waals surface area contributed by atoms with E-state index in [1.807, 2.05) is 13.0 Å². The molecular formula is C18H18N2O3. The molecule has 1 aliphatic carbocycles. The minimum absolute atomic E-state index is 0.0431. The van der Waals surface area contributed by atoms with Gasteiger partial charge in [0.05, 0.1) is 0 Å². The Balaban J connectivity index is 1.59. The highest BCUT2D eigenvalue weighted by molar-refractivity contribution is 6.02. The Hall–Kier alpha value is -2.82. The Morgan fingerprint density at radius 1 is 1.13 bits per heavy atom. The third kappa shape index (κ3) is 4.32. The summed E-state index contributed by atoms with van der Waals surface area (Å²) in [5, 5.41) is 5.61. The van der Waals surface area contributed by atoms with Crippen molar-refractivity contribution in [2.75, 3.05) is 10.6 Å². The zero-order chi connectivity index (χ0) is 16.2. The molecule has 0 atom stereocenters. The van der Waals surface area contributed by atoms with E-state index in [1.165, 1.54) is 6.08 Å². The number of hydrogen-bond acceptors (Lipinski definition) is 3. The van der Waals surface area contributed by atoms with Crippen LogP contribution in [0.1, 0.15) is 24.4 Å². The molecule has 2 aromatic rings. The SMILES string of the molecule is Cc1ccc(/C=C/C(=O)Nc2cccc(NC(=O)C3CC3)c2)o1. The molecule has 1 aliphatic rings. The van der Waals surface area contributed by atoms with Crippen LogP contribution in [0.15, 0.2) is 46.9 Å². The number of hydrogen-bond donors (Lipinski definition) is 2. The molecular weight excluding hydrogens is 292 g/mol. The maximum atomic E-state index is 11.9. The molecule has 1 aromatic carbocycles. The zero-order valence-corrected chi connectivity index (χ0v) is 12.8. The van der Waals surface area contributed by atoms with E-state index in [1.54, 1.807) is 36.4 Å². The first kappa shape index (κ1) is 15.1. The summed E-state index contributed by atoms with van der Waals surface area (Å²) in [6.07, 6.45) is 4.94. The number of carbonyl (C=O) groups is 2. The van der Waals surface area contributed by atoms with Gasteiger partial charge in [0, 0.05) is 23.4 Å². The van der Waals surface area contributed by atoms with Crippen molar-refractivity contribution in [1.82, 2.24) is 0 Å². The smallest absolute Gasteiger partial charge is 0.248 e. The van der Waals surface area contributed by atoms with Gasteiger partial charge in [-0.1, -0.05) is 6.07 Å². The van der Waals surface area contributed by atoms with E-state index in [0.29, 0.717) is 17.1 Å². The summed E-state index contributed by atoms with van der Waals surface area (Å²) in [5.41, 5.74) is 1.31. The van der Waals surface area contributed by atoms with Crippen LogP contribution in [-0.4, -0.2) is 11.8 Å². The average Bonchev–Trinajstić information content (AvgIpc) is 3.29. The molecule has 0 spiro atoms. The summed E-state index contributed by atoms with van der Waals surface area (Å²) in [6, 6.07) is 10.7. The lowest BCUT2D eigenvalue weighted by Crippen LogP contribution is -2.14. The fourth-order valence-corrected chi connectivity index (χ4v) is 2.15. The highest BCUT2D eigenvalue weighted by atomic mass is 16.3. The second-order valence-corrected chi connectivity index (χ2v) is 5.62. The summed E-state index contributed by atoms with van der Waals surface area (Å²) in [6.45, 7) is 1.85. The summed E-state index contributed by atoms with van der Waals surface area (Å²) < 4.78 is 5.36. The first-order valence-electron chi connectivity index (χ1n) is 7.56. The molecule has 2 N–H and O–H groups in total. The van der Waals surface area contributed by atoms with Crippen molar-refractivity contribution >= 4 is 29.3 Å². The van der Waals surface area contributed by atoms with Crippen molar-refractivity contribution in [2.45, 2.75) is 19.8 Å². The molecule has 2 amide bonds. The third-order valence-electron chi connectivity index (χ3n) is 3.51. The Labute approximate surface area is 134 Å². The molecule has 1 heterocycles. The van der Waals surface area contributed by atoms with Crippen molar-refractivity contribution < 1.29 is 14.0 Å². The van der Waals surface area contributed by atoms with Crippen LogP contribution in [0.2, 0.25) is 0 Å². The van der Waals surface area contributed by atoms with E-state index >= 15 is 0 Å². The fraction of sp³-hybridized carbons (Fsp3) is 0.222. The minimum atomic E-state index is -0.260. The maximum Gasteiger partial charge on any atom is 0.248 e. The summed E-state index contributed by atoms with van der Waals surface area (Å²) >= 11 is 0. The highest BCUT2D eigenvalue weighted by Crippen LogP contribution is 2.30. The van der Waals surface area contributed by atoms with Gasteiger partial charge in [0.2, 0.25) is 11.8 Å². The maximum absolute atomic E-state index is 11.9. The third-order valence-corrected chi connectivity index (χ3v) is 3.51. The predicted octanol–water partition coefficient (Wildman–Crippen LogP) is 3.59. The molecule has 5 nitrogen and oxygen atoms in total. The summed E-state index contributed by atoms with van der Waals surface area (Å²) in [7, 11) is 0. The van der Waals surface area contributed by atoms with Crippen molar-refractivity contribution in [3.05, 3.63) is 54.0 Å². The number of rotatable bonds is 5. The van der Waals surface area contributed by atoms with E-state index < -0.39 is 0 Å². The molecule has 0 bridgehead atoms. The number of amides is 2. The van der Waals surface area contributed by atoms with Gasteiger partial charge in [-0.2, -0.15) is 0 Å². The molecule has 118 valence electrons. The molecule has 0 aliphatic heterocycles. The van der Waals surface area contributed by atoms with E-state index in [2.05, 4.69) is 10.6 Å². The van der Waals surface area contributed by atoms with Crippen LogP contribution >= 0.6 is 0 Å². The summed E-state index contributed by atoms with van der Waals surface area (Å²) in [5.74, 6) is 1.35. The zero-order valence-electron chi connectivity index (χ0n) is 12.8. The van der Waals surface area contributed by atoms with E-state index in [4.69, 9.17) is 4.42 Å². The molecule has 1 aromatic heterocycles. The first-order chi connectivity index (χ1) is 11.1. The van der Waals surface area contributed by atoms with Crippen LogP contribution in [0.25, 0.3) is 6.08 Å². The van der Waals surface area contributed by atoms with Crippen molar-refractivity contribution in [3.63, 3.8) is 0 Å². The van der Waals surface area contributed by atoms with Crippen molar-refractivity contribution in [1.29, 1.82) is 0 Å². The number of anilines is 2. The van der Waals surface area contributed by atoms with Gasteiger partial charge in [-0.15, -0.1) is 0 Å². The van der Waals surface area contributed by atoms with Crippen LogP contribution in [-0.2, 0) is 9.59 Å². The highest BCUT2D eigenvalue weighted by Gasteiger charge is 2.29. The molecule has 0 radical (unpaired) electrons. The number of nitrogens with one attached hydrogen (secondary N) is 2. The van der Waals surface area contributed by atoms with E-state index in [0.717, 1.165) is 18.6 Å². The molecule has 5 heteroatoms. The van der Waals surface area contributed by atoms with E-state index in [9.17, 15) is 9.59 Å². The molecule has 1 saturated carbocycles. The van der Waals surface area contributed by atoms with Gasteiger partial charge < -0.3 is 15.1 Å². The Kier molecular flexibility index (Phi) is 4.28. The lowest BCUT2D eigenvalue weighted by molar-refractivity contribution is -0.117. The lowest BCUT2D eigenvalue weighted by atomic mass is 10.2. The van der Waals surface area contributed by atoms with Gasteiger partial charge in [0.1, 0.15) is 11.5 Å². The van der Waals surface area contributed by atoms with Crippen LogP contribution in [0.3, 0.4) is 0 Å². The van der Waals surface area contributed by atoms with Crippen LogP contribution < -0.4 is 10.6 Å². The molecule has 3 rings (SSSR count). The topological polar surface area (TPSA) is 71.3 Å². The molecule has 1 fully saturated rings. The predicted molar refractivity (Wildman–Crippen MR) is 88.9 cm³/mol. The van der Waals surface area contributed by atoms with Crippen molar-refractivity contribution in [2.24, 2.45) is 5.92 Å². The monoisotopic (exact) mass is 310 g/mol. The Morgan fingerprint density at radius 3 is 2.52 bits per heavy atom. The number of aryl methyl sites for hydroxylation is 1. The second kappa shape index (κ2) is 6.52. The number of carbonyl (C=O) groups excluding carboxylic acids is 2.